The SMILES string of the molecule is CC(CNC(=O)C1CCCCN1)CN1CCCCC1.Cl.Cl. The summed E-state index contributed by atoms with van der Waals surface area (Å²) in [6, 6.07) is 0.0518. The fourth-order valence-corrected chi connectivity index (χ4v) is 3.12. The summed E-state index contributed by atoms with van der Waals surface area (Å²) in [5, 5.41) is 6.42. The van der Waals surface area contributed by atoms with E-state index in [0.717, 1.165) is 26.1 Å². The van der Waals surface area contributed by atoms with E-state index in [0.29, 0.717) is 5.92 Å². The minimum Gasteiger partial charge on any atom is -0.354 e. The van der Waals surface area contributed by atoms with E-state index in [-0.39, 0.29) is 36.8 Å². The Bertz CT molecular complexity index is 280. The number of carbonyl (C=O) groups is 1. The molecule has 2 atom stereocenters. The third-order valence-corrected chi connectivity index (χ3v) is 4.27. The number of hydrogen-bond acceptors (Lipinski definition) is 3. The van der Waals surface area contributed by atoms with Gasteiger partial charge in [-0.25, -0.2) is 0 Å². The van der Waals surface area contributed by atoms with Crippen LogP contribution in [-0.4, -0.2) is 49.6 Å². The van der Waals surface area contributed by atoms with Crippen LogP contribution < -0.4 is 10.6 Å². The van der Waals surface area contributed by atoms with Crippen molar-refractivity contribution in [2.75, 3.05) is 32.7 Å². The fourth-order valence-electron chi connectivity index (χ4n) is 3.12. The number of halogens is 2. The first-order valence-electron chi connectivity index (χ1n) is 7.99. The molecule has 6 heteroatoms. The molecule has 2 unspecified atom stereocenters. The van der Waals surface area contributed by atoms with Crippen LogP contribution in [0.25, 0.3) is 0 Å². The lowest BCUT2D eigenvalue weighted by molar-refractivity contribution is -0.123. The van der Waals surface area contributed by atoms with Crippen LogP contribution >= 0.6 is 24.8 Å². The Morgan fingerprint density at radius 2 is 1.90 bits per heavy atom. The number of likely N-dealkylation sites (tertiary alicyclic amines) is 1. The van der Waals surface area contributed by atoms with Gasteiger partial charge in [-0.2, -0.15) is 0 Å². The first kappa shape index (κ1) is 21.0. The molecule has 2 aliphatic heterocycles. The number of carbonyl (C=O) groups excluding carboxylic acids is 1. The van der Waals surface area contributed by atoms with Gasteiger partial charge >= 0.3 is 0 Å². The highest BCUT2D eigenvalue weighted by atomic mass is 35.5. The molecule has 21 heavy (non-hydrogen) atoms. The maximum Gasteiger partial charge on any atom is 0.237 e. The highest BCUT2D eigenvalue weighted by molar-refractivity contribution is 5.85. The van der Waals surface area contributed by atoms with Gasteiger partial charge in [0.2, 0.25) is 5.91 Å². The van der Waals surface area contributed by atoms with Crippen LogP contribution in [0.3, 0.4) is 0 Å². The molecule has 1 amide bonds. The van der Waals surface area contributed by atoms with Crippen LogP contribution in [0.15, 0.2) is 0 Å². The number of rotatable bonds is 5. The summed E-state index contributed by atoms with van der Waals surface area (Å²) in [5.41, 5.74) is 0. The molecule has 0 radical (unpaired) electrons. The van der Waals surface area contributed by atoms with E-state index >= 15 is 0 Å². The van der Waals surface area contributed by atoms with E-state index in [2.05, 4.69) is 22.5 Å². The molecule has 0 aromatic heterocycles. The summed E-state index contributed by atoms with van der Waals surface area (Å²) >= 11 is 0. The maximum absolute atomic E-state index is 12.0. The van der Waals surface area contributed by atoms with Gasteiger partial charge in [0.1, 0.15) is 0 Å². The van der Waals surface area contributed by atoms with Crippen molar-refractivity contribution in [2.24, 2.45) is 5.92 Å². The van der Waals surface area contributed by atoms with Crippen LogP contribution in [0.1, 0.15) is 45.4 Å². The normalized spacial score (nSPS) is 24.3. The summed E-state index contributed by atoms with van der Waals surface area (Å²) in [5.74, 6) is 0.746. The highest BCUT2D eigenvalue weighted by Gasteiger charge is 2.21. The molecule has 2 aliphatic rings. The zero-order valence-electron chi connectivity index (χ0n) is 13.1. The van der Waals surface area contributed by atoms with Gasteiger partial charge in [0.25, 0.3) is 0 Å². The van der Waals surface area contributed by atoms with Gasteiger partial charge in [-0.05, 0) is 51.2 Å². The Morgan fingerprint density at radius 1 is 1.19 bits per heavy atom. The Kier molecular flexibility index (Phi) is 11.5. The Labute approximate surface area is 141 Å². The van der Waals surface area contributed by atoms with Gasteiger partial charge in [-0.1, -0.05) is 19.8 Å². The molecule has 2 rings (SSSR count). The van der Waals surface area contributed by atoms with Crippen LogP contribution in [0, 0.1) is 5.92 Å². The molecule has 0 aromatic rings. The van der Waals surface area contributed by atoms with Crippen molar-refractivity contribution < 1.29 is 4.79 Å². The third-order valence-electron chi connectivity index (χ3n) is 4.27. The van der Waals surface area contributed by atoms with E-state index in [1.807, 2.05) is 0 Å². The lowest BCUT2D eigenvalue weighted by atomic mass is 10.0. The summed E-state index contributed by atoms with van der Waals surface area (Å²) in [7, 11) is 0. The van der Waals surface area contributed by atoms with Gasteiger partial charge in [-0.3, -0.25) is 4.79 Å². The average molecular weight is 340 g/mol. The second-order valence-electron chi connectivity index (χ2n) is 6.21. The van der Waals surface area contributed by atoms with Gasteiger partial charge in [0, 0.05) is 13.1 Å². The van der Waals surface area contributed by atoms with Crippen molar-refractivity contribution in [1.29, 1.82) is 0 Å². The molecule has 4 nitrogen and oxygen atoms in total. The molecule has 2 fully saturated rings. The quantitative estimate of drug-likeness (QED) is 0.807. The Morgan fingerprint density at radius 3 is 2.52 bits per heavy atom. The molecule has 2 saturated heterocycles. The number of hydrogen-bond donors (Lipinski definition) is 2. The van der Waals surface area contributed by atoms with E-state index in [1.165, 1.54) is 45.2 Å². The number of nitrogens with one attached hydrogen (secondary N) is 2. The van der Waals surface area contributed by atoms with Crippen molar-refractivity contribution in [1.82, 2.24) is 15.5 Å². The van der Waals surface area contributed by atoms with Crippen molar-refractivity contribution in [2.45, 2.75) is 51.5 Å². The topological polar surface area (TPSA) is 44.4 Å². The predicted molar refractivity (Wildman–Crippen MR) is 92.6 cm³/mol. The van der Waals surface area contributed by atoms with Crippen LogP contribution in [0.5, 0.6) is 0 Å². The summed E-state index contributed by atoms with van der Waals surface area (Å²) in [6.07, 6.45) is 7.43. The van der Waals surface area contributed by atoms with Crippen molar-refractivity contribution in [3.05, 3.63) is 0 Å². The lowest BCUT2D eigenvalue weighted by Gasteiger charge is -2.29. The standard InChI is InChI=1S/C15H29N3O.2ClH/c1-13(12-18-9-5-2-6-10-18)11-17-15(19)14-7-3-4-8-16-14;;/h13-14,16H,2-12H2,1H3,(H,17,19);2*1H. The van der Waals surface area contributed by atoms with Crippen LogP contribution in [0.4, 0.5) is 0 Å². The fraction of sp³-hybridized carbons (Fsp3) is 0.933. The van der Waals surface area contributed by atoms with Gasteiger partial charge in [0.05, 0.1) is 6.04 Å². The van der Waals surface area contributed by atoms with Gasteiger partial charge in [0.15, 0.2) is 0 Å². The van der Waals surface area contributed by atoms with Crippen molar-refractivity contribution in [3.63, 3.8) is 0 Å². The molecule has 0 aliphatic carbocycles. The Hall–Kier alpha value is -0.0300. The molecule has 2 heterocycles. The lowest BCUT2D eigenvalue weighted by Crippen LogP contribution is -2.48. The first-order chi connectivity index (χ1) is 9.25. The molecule has 0 bridgehead atoms. The number of nitrogens with zero attached hydrogens (tertiary/aromatic N) is 1. The maximum atomic E-state index is 12.0. The van der Waals surface area contributed by atoms with E-state index in [1.54, 1.807) is 0 Å². The number of piperidine rings is 2. The van der Waals surface area contributed by atoms with Crippen molar-refractivity contribution in [3.8, 4) is 0 Å². The molecule has 126 valence electrons. The zero-order chi connectivity index (χ0) is 13.5. The first-order valence-corrected chi connectivity index (χ1v) is 7.99. The summed E-state index contributed by atoms with van der Waals surface area (Å²) in [4.78, 5) is 14.5. The van der Waals surface area contributed by atoms with Gasteiger partial charge < -0.3 is 15.5 Å². The average Bonchev–Trinajstić information content (AvgIpc) is 2.47. The van der Waals surface area contributed by atoms with Crippen LogP contribution in [0.2, 0.25) is 0 Å². The second-order valence-corrected chi connectivity index (χ2v) is 6.21. The molecule has 2 N–H and O–H groups in total. The van der Waals surface area contributed by atoms with Gasteiger partial charge in [-0.15, -0.1) is 24.8 Å². The summed E-state index contributed by atoms with van der Waals surface area (Å²) < 4.78 is 0. The van der Waals surface area contributed by atoms with E-state index in [9.17, 15) is 4.79 Å². The smallest absolute Gasteiger partial charge is 0.237 e. The van der Waals surface area contributed by atoms with Crippen LogP contribution in [-0.2, 0) is 4.79 Å². The molecule has 0 saturated carbocycles. The number of amides is 1. The van der Waals surface area contributed by atoms with Crippen molar-refractivity contribution >= 4 is 30.7 Å². The highest BCUT2D eigenvalue weighted by Crippen LogP contribution is 2.11. The molecular weight excluding hydrogens is 309 g/mol. The monoisotopic (exact) mass is 339 g/mol. The minimum atomic E-state index is 0. The third kappa shape index (κ3) is 7.68. The largest absolute Gasteiger partial charge is 0.354 e. The van der Waals surface area contributed by atoms with E-state index < -0.39 is 0 Å². The minimum absolute atomic E-state index is 0. The van der Waals surface area contributed by atoms with E-state index in [4.69, 9.17) is 0 Å². The molecule has 0 aromatic carbocycles. The summed E-state index contributed by atoms with van der Waals surface area (Å²) in [6.45, 7) is 7.64. The predicted octanol–water partition coefficient (Wildman–Crippen LogP) is 2.21. The molecule has 0 spiro atoms. The zero-order valence-corrected chi connectivity index (χ0v) is 14.7. The Balaban J connectivity index is 0.00000200. The second kappa shape index (κ2) is 11.5. The molecular formula is C15H31Cl2N3O.